The number of nitrogens with zero attached hydrogens (tertiary/aromatic N) is 7. The Hall–Kier alpha value is -5.33. The molecule has 1 aliphatic heterocycles. The van der Waals surface area contributed by atoms with E-state index in [1.807, 2.05) is 18.2 Å². The van der Waals surface area contributed by atoms with Crippen LogP contribution in [-0.4, -0.2) is 94.3 Å². The Labute approximate surface area is 271 Å². The first-order valence-electron chi connectivity index (χ1n) is 15.6. The largest absolute Gasteiger partial charge is 0.497 e. The molecule has 47 heavy (non-hydrogen) atoms. The molecule has 6 rings (SSSR count). The smallest absolute Gasteiger partial charge is 0.270 e. The van der Waals surface area contributed by atoms with E-state index in [0.29, 0.717) is 49.4 Å². The van der Waals surface area contributed by atoms with Crippen molar-refractivity contribution in [3.63, 3.8) is 0 Å². The quantitative estimate of drug-likeness (QED) is 0.206. The van der Waals surface area contributed by atoms with Crippen LogP contribution in [0.4, 0.5) is 21.8 Å². The third-order valence-electron chi connectivity index (χ3n) is 8.65. The van der Waals surface area contributed by atoms with Gasteiger partial charge in [-0.1, -0.05) is 12.8 Å². The van der Waals surface area contributed by atoms with Gasteiger partial charge in [-0.05, 0) is 49.2 Å². The molecule has 1 aliphatic carbocycles. The van der Waals surface area contributed by atoms with E-state index in [0.717, 1.165) is 54.5 Å². The molecule has 1 N–H and O–H groups in total. The Morgan fingerprint density at radius 1 is 0.979 bits per heavy atom. The molecule has 2 fully saturated rings. The number of ketones is 1. The number of pyridine rings is 1. The van der Waals surface area contributed by atoms with Gasteiger partial charge in [0.15, 0.2) is 5.78 Å². The Bertz CT molecular complexity index is 1820. The van der Waals surface area contributed by atoms with Gasteiger partial charge in [0.25, 0.3) is 5.91 Å². The first kappa shape index (κ1) is 31.6. The van der Waals surface area contributed by atoms with Crippen LogP contribution in [-0.2, 0) is 4.79 Å². The summed E-state index contributed by atoms with van der Waals surface area (Å²) in [6.45, 7) is 2.09. The number of benzene rings is 1. The average molecular weight is 641 g/mol. The summed E-state index contributed by atoms with van der Waals surface area (Å²) < 4.78 is 21.3. The summed E-state index contributed by atoms with van der Waals surface area (Å²) in [4.78, 5) is 57.4. The number of aromatic nitrogens is 4. The van der Waals surface area contributed by atoms with Gasteiger partial charge in [-0.2, -0.15) is 4.98 Å². The highest BCUT2D eigenvalue weighted by Crippen LogP contribution is 2.35. The van der Waals surface area contributed by atoms with Crippen molar-refractivity contribution in [3.8, 4) is 5.75 Å². The summed E-state index contributed by atoms with van der Waals surface area (Å²) in [5.74, 6) is -0.373. The van der Waals surface area contributed by atoms with Gasteiger partial charge < -0.3 is 29.3 Å². The zero-order valence-corrected chi connectivity index (χ0v) is 26.6. The van der Waals surface area contributed by atoms with Crippen molar-refractivity contribution < 1.29 is 23.5 Å². The third-order valence-corrected chi connectivity index (χ3v) is 8.65. The van der Waals surface area contributed by atoms with Crippen molar-refractivity contribution in [2.45, 2.75) is 31.7 Å². The SMILES string of the molecule is COc1ccc(C(=O)/C=C/C(=O)N2CCN(c3ccc(Nc4ncc5cc(C(=O)N(C)C)n(C6CCCC6)c5n4)nc3)CC2)c(F)c1. The molecule has 0 unspecified atom stereocenters. The molecule has 4 aromatic rings. The van der Waals surface area contributed by atoms with Crippen molar-refractivity contribution >= 4 is 46.1 Å². The fourth-order valence-corrected chi connectivity index (χ4v) is 6.11. The van der Waals surface area contributed by atoms with Crippen molar-refractivity contribution in [2.24, 2.45) is 0 Å². The number of nitrogens with one attached hydrogen (secondary N) is 1. The molecule has 244 valence electrons. The van der Waals surface area contributed by atoms with Gasteiger partial charge in [0.05, 0.1) is 24.6 Å². The van der Waals surface area contributed by atoms with Crippen LogP contribution in [0.3, 0.4) is 0 Å². The van der Waals surface area contributed by atoms with Gasteiger partial charge in [0.1, 0.15) is 28.7 Å². The van der Waals surface area contributed by atoms with E-state index in [1.165, 1.54) is 25.3 Å². The number of piperazine rings is 1. The van der Waals surface area contributed by atoms with Crippen LogP contribution >= 0.6 is 0 Å². The number of carbonyl (C=O) groups is 3. The number of carbonyl (C=O) groups excluding carboxylic acids is 3. The number of rotatable bonds is 9. The van der Waals surface area contributed by atoms with E-state index in [9.17, 15) is 18.8 Å². The van der Waals surface area contributed by atoms with E-state index >= 15 is 0 Å². The minimum absolute atomic E-state index is 0.0557. The van der Waals surface area contributed by atoms with Gasteiger partial charge in [-0.3, -0.25) is 14.4 Å². The molecule has 2 amide bonds. The van der Waals surface area contributed by atoms with E-state index in [-0.39, 0.29) is 23.4 Å². The number of hydrogen-bond donors (Lipinski definition) is 1. The zero-order valence-electron chi connectivity index (χ0n) is 26.6. The standard InChI is InChI=1S/C34H37FN8O4/c1-40(2)33(46)28-18-22-20-37-34(39-32(22)43(28)23-6-4-5-7-23)38-30-12-8-24(21-36-30)41-14-16-42(17-15-41)31(45)13-11-29(44)26-10-9-25(47-3)19-27(26)35/h8-13,18-21,23H,4-7,14-17H2,1-3H3,(H,36,37,38,39)/b13-11+. The van der Waals surface area contributed by atoms with Crippen molar-refractivity contribution in [3.05, 3.63) is 78.0 Å². The number of methoxy groups -OCH3 is 1. The summed E-state index contributed by atoms with van der Waals surface area (Å²) in [6.07, 6.45) is 10.1. The lowest BCUT2D eigenvalue weighted by molar-refractivity contribution is -0.126. The van der Waals surface area contributed by atoms with E-state index in [4.69, 9.17) is 9.72 Å². The molecule has 0 radical (unpaired) electrons. The van der Waals surface area contributed by atoms with Crippen LogP contribution in [0.25, 0.3) is 11.0 Å². The summed E-state index contributed by atoms with van der Waals surface area (Å²) in [6, 6.07) is 9.87. The monoisotopic (exact) mass is 640 g/mol. The Morgan fingerprint density at radius 2 is 1.74 bits per heavy atom. The van der Waals surface area contributed by atoms with Crippen molar-refractivity contribution in [1.82, 2.24) is 29.3 Å². The molecule has 0 spiro atoms. The number of allylic oxidation sites excluding steroid dienone is 1. The van der Waals surface area contributed by atoms with Gasteiger partial charge in [0.2, 0.25) is 11.9 Å². The highest BCUT2D eigenvalue weighted by atomic mass is 19.1. The molecule has 1 saturated heterocycles. The van der Waals surface area contributed by atoms with Crippen molar-refractivity contribution in [1.29, 1.82) is 0 Å². The second-order valence-corrected chi connectivity index (χ2v) is 11.9. The third kappa shape index (κ3) is 6.79. The summed E-state index contributed by atoms with van der Waals surface area (Å²) in [5, 5.41) is 4.01. The maximum atomic E-state index is 14.2. The fraction of sp³-hybridized carbons (Fsp3) is 0.353. The Kier molecular flexibility index (Phi) is 9.14. The fourth-order valence-electron chi connectivity index (χ4n) is 6.11. The maximum Gasteiger partial charge on any atom is 0.270 e. The number of halogens is 1. The van der Waals surface area contributed by atoms with Crippen molar-refractivity contribution in [2.75, 3.05) is 57.6 Å². The molecule has 1 saturated carbocycles. The zero-order chi connectivity index (χ0) is 33.1. The predicted molar refractivity (Wildman–Crippen MR) is 176 cm³/mol. The average Bonchev–Trinajstić information content (AvgIpc) is 3.75. The molecule has 1 aromatic carbocycles. The summed E-state index contributed by atoms with van der Waals surface area (Å²) >= 11 is 0. The lowest BCUT2D eigenvalue weighted by atomic mass is 10.1. The molecule has 12 nitrogen and oxygen atoms in total. The minimum Gasteiger partial charge on any atom is -0.497 e. The van der Waals surface area contributed by atoms with Crippen LogP contribution in [0.15, 0.2) is 60.9 Å². The molecule has 2 aliphatic rings. The molecule has 4 heterocycles. The lowest BCUT2D eigenvalue weighted by Crippen LogP contribution is -2.48. The number of fused-ring (bicyclic) bond motifs is 1. The molecule has 0 atom stereocenters. The second-order valence-electron chi connectivity index (χ2n) is 11.9. The molecule has 13 heteroatoms. The first-order valence-corrected chi connectivity index (χ1v) is 15.6. The number of anilines is 3. The maximum absolute atomic E-state index is 14.2. The lowest BCUT2D eigenvalue weighted by Gasteiger charge is -2.35. The van der Waals surface area contributed by atoms with Gasteiger partial charge in [0, 0.05) is 70.0 Å². The van der Waals surface area contributed by atoms with Crippen LogP contribution in [0.2, 0.25) is 0 Å². The number of ether oxygens (including phenoxy) is 1. The topological polar surface area (TPSA) is 126 Å². The Balaban J connectivity index is 1.07. The van der Waals surface area contributed by atoms with E-state index in [2.05, 4.69) is 24.8 Å². The minimum atomic E-state index is -0.704. The highest BCUT2D eigenvalue weighted by Gasteiger charge is 2.27. The molecule has 0 bridgehead atoms. The van der Waals surface area contributed by atoms with Crippen LogP contribution in [0, 0.1) is 5.82 Å². The van der Waals surface area contributed by atoms with E-state index < -0.39 is 11.6 Å². The molecular formula is C34H37FN8O4. The molecular weight excluding hydrogens is 603 g/mol. The van der Waals surface area contributed by atoms with Crippen LogP contribution in [0.1, 0.15) is 52.6 Å². The van der Waals surface area contributed by atoms with Gasteiger partial charge >= 0.3 is 0 Å². The predicted octanol–water partition coefficient (Wildman–Crippen LogP) is 4.62. The second kappa shape index (κ2) is 13.6. The Morgan fingerprint density at radius 3 is 2.40 bits per heavy atom. The summed E-state index contributed by atoms with van der Waals surface area (Å²) in [5.41, 5.74) is 2.14. The number of hydrogen-bond acceptors (Lipinski definition) is 9. The molecule has 3 aromatic heterocycles. The summed E-state index contributed by atoms with van der Waals surface area (Å²) in [7, 11) is 4.92. The van der Waals surface area contributed by atoms with E-state index in [1.54, 1.807) is 36.3 Å². The first-order chi connectivity index (χ1) is 22.7. The van der Waals surface area contributed by atoms with Gasteiger partial charge in [-0.25, -0.2) is 14.4 Å². The number of amides is 2. The highest BCUT2D eigenvalue weighted by molar-refractivity contribution is 6.07. The van der Waals surface area contributed by atoms with Gasteiger partial charge in [-0.15, -0.1) is 0 Å². The normalized spacial score (nSPS) is 15.4. The van der Waals surface area contributed by atoms with Crippen LogP contribution < -0.4 is 15.0 Å². The van der Waals surface area contributed by atoms with Crippen LogP contribution in [0.5, 0.6) is 5.75 Å².